The van der Waals surface area contributed by atoms with Crippen LogP contribution in [0.15, 0.2) is 158 Å². The summed E-state index contributed by atoms with van der Waals surface area (Å²) >= 11 is 0. The molecule has 0 aliphatic rings. The normalized spacial score (nSPS) is 11.5. The summed E-state index contributed by atoms with van der Waals surface area (Å²) < 4.78 is 0. The lowest BCUT2D eigenvalue weighted by molar-refractivity contribution is 1.31. The summed E-state index contributed by atoms with van der Waals surface area (Å²) in [6.45, 7) is 0. The molecule has 4 heterocycles. The molecule has 0 aliphatic carbocycles. The SMILES string of the molecule is c1ccc(-c2cc(-c3ccc(-c4nc5ccccc5c5c4ccc4ccc6ncccc6c45)cc3)cc(-c3ccccn3)c2)nc1. The lowest BCUT2D eigenvalue weighted by atomic mass is 9.92. The van der Waals surface area contributed by atoms with Gasteiger partial charge in [-0.25, -0.2) is 4.98 Å². The summed E-state index contributed by atoms with van der Waals surface area (Å²) in [7, 11) is 0. The Morgan fingerprint density at radius 2 is 0.957 bits per heavy atom. The first-order valence-corrected chi connectivity index (χ1v) is 15.4. The van der Waals surface area contributed by atoms with Crippen molar-refractivity contribution >= 4 is 43.4 Å². The van der Waals surface area contributed by atoms with Crippen LogP contribution >= 0.6 is 0 Å². The molecule has 4 aromatic heterocycles. The van der Waals surface area contributed by atoms with E-state index < -0.39 is 0 Å². The van der Waals surface area contributed by atoms with Crippen molar-refractivity contribution in [2.24, 2.45) is 0 Å². The van der Waals surface area contributed by atoms with Crippen LogP contribution in [0.25, 0.3) is 88.2 Å². The second kappa shape index (κ2) is 10.7. The second-order valence-electron chi connectivity index (χ2n) is 11.5. The number of fused-ring (bicyclic) bond motifs is 7. The van der Waals surface area contributed by atoms with Crippen molar-refractivity contribution in [2.45, 2.75) is 0 Å². The number of benzene rings is 5. The summed E-state index contributed by atoms with van der Waals surface area (Å²) in [5, 5.41) is 7.05. The molecule has 0 amide bonds. The van der Waals surface area contributed by atoms with Crippen molar-refractivity contribution in [3.05, 3.63) is 158 Å². The molecule has 0 radical (unpaired) electrons. The van der Waals surface area contributed by atoms with Crippen LogP contribution in [0.1, 0.15) is 0 Å². The van der Waals surface area contributed by atoms with E-state index in [9.17, 15) is 0 Å². The van der Waals surface area contributed by atoms with Crippen LogP contribution in [0.2, 0.25) is 0 Å². The van der Waals surface area contributed by atoms with E-state index >= 15 is 0 Å². The summed E-state index contributed by atoms with van der Waals surface area (Å²) in [4.78, 5) is 19.2. The molecule has 9 rings (SSSR count). The molecular weight excluding hydrogens is 560 g/mol. The number of aromatic nitrogens is 4. The fourth-order valence-electron chi connectivity index (χ4n) is 6.62. The Labute approximate surface area is 265 Å². The van der Waals surface area contributed by atoms with Crippen molar-refractivity contribution in [1.29, 1.82) is 0 Å². The zero-order valence-electron chi connectivity index (χ0n) is 24.8. The molecule has 46 heavy (non-hydrogen) atoms. The third-order valence-electron chi connectivity index (χ3n) is 8.77. The van der Waals surface area contributed by atoms with Gasteiger partial charge in [-0.3, -0.25) is 15.0 Å². The minimum atomic E-state index is 0.930. The molecule has 0 bridgehead atoms. The van der Waals surface area contributed by atoms with E-state index in [1.165, 1.54) is 16.2 Å². The Bertz CT molecular complexity index is 2500. The van der Waals surface area contributed by atoms with E-state index in [4.69, 9.17) is 4.98 Å². The van der Waals surface area contributed by atoms with Gasteiger partial charge in [0.15, 0.2) is 0 Å². The van der Waals surface area contributed by atoms with Crippen LogP contribution in [-0.4, -0.2) is 19.9 Å². The minimum absolute atomic E-state index is 0.930. The van der Waals surface area contributed by atoms with Crippen molar-refractivity contribution in [1.82, 2.24) is 19.9 Å². The van der Waals surface area contributed by atoms with E-state index in [0.717, 1.165) is 72.1 Å². The molecule has 0 saturated heterocycles. The zero-order valence-corrected chi connectivity index (χ0v) is 24.8. The van der Waals surface area contributed by atoms with Crippen LogP contribution in [0.4, 0.5) is 0 Å². The average molecular weight is 587 g/mol. The molecule has 0 unspecified atom stereocenters. The van der Waals surface area contributed by atoms with Gasteiger partial charge in [0.2, 0.25) is 0 Å². The van der Waals surface area contributed by atoms with Gasteiger partial charge >= 0.3 is 0 Å². The van der Waals surface area contributed by atoms with Crippen LogP contribution in [0, 0.1) is 0 Å². The molecule has 214 valence electrons. The van der Waals surface area contributed by atoms with Crippen LogP contribution in [0.5, 0.6) is 0 Å². The first kappa shape index (κ1) is 26.2. The monoisotopic (exact) mass is 586 g/mol. The van der Waals surface area contributed by atoms with Gasteiger partial charge in [0.05, 0.1) is 28.1 Å². The lowest BCUT2D eigenvalue weighted by Gasteiger charge is -2.15. The van der Waals surface area contributed by atoms with Crippen LogP contribution < -0.4 is 0 Å². The highest BCUT2D eigenvalue weighted by Crippen LogP contribution is 2.40. The van der Waals surface area contributed by atoms with E-state index in [2.05, 4.69) is 112 Å². The summed E-state index contributed by atoms with van der Waals surface area (Å²) in [5.74, 6) is 0. The zero-order chi connectivity index (χ0) is 30.5. The molecule has 5 aromatic carbocycles. The second-order valence-corrected chi connectivity index (χ2v) is 11.5. The Kier molecular flexibility index (Phi) is 6.10. The summed E-state index contributed by atoms with van der Waals surface area (Å²) in [6, 6.07) is 48.7. The Hall–Kier alpha value is -6.26. The maximum Gasteiger partial charge on any atom is 0.0788 e. The molecule has 4 heteroatoms. The van der Waals surface area contributed by atoms with Crippen molar-refractivity contribution in [2.75, 3.05) is 0 Å². The maximum absolute atomic E-state index is 5.24. The fourth-order valence-corrected chi connectivity index (χ4v) is 6.62. The Balaban J connectivity index is 1.23. The highest BCUT2D eigenvalue weighted by molar-refractivity contribution is 6.28. The topological polar surface area (TPSA) is 51.6 Å². The van der Waals surface area contributed by atoms with Crippen LogP contribution in [0.3, 0.4) is 0 Å². The van der Waals surface area contributed by atoms with E-state index in [1.807, 2.05) is 61.1 Å². The number of nitrogens with zero attached hydrogens (tertiary/aromatic N) is 4. The van der Waals surface area contributed by atoms with Gasteiger partial charge in [-0.05, 0) is 82.6 Å². The smallest absolute Gasteiger partial charge is 0.0788 e. The average Bonchev–Trinajstić information content (AvgIpc) is 3.14. The van der Waals surface area contributed by atoms with Gasteiger partial charge in [0.25, 0.3) is 0 Å². The van der Waals surface area contributed by atoms with Gasteiger partial charge in [-0.1, -0.05) is 78.9 Å². The largest absolute Gasteiger partial charge is 0.256 e. The van der Waals surface area contributed by atoms with Crippen LogP contribution in [-0.2, 0) is 0 Å². The van der Waals surface area contributed by atoms with E-state index in [-0.39, 0.29) is 0 Å². The maximum atomic E-state index is 5.24. The third kappa shape index (κ3) is 4.39. The molecule has 4 nitrogen and oxygen atoms in total. The number of rotatable bonds is 4. The standard InChI is InChI=1S/C42H26N4/c1-2-12-39-34(8-1)41-35(19-17-28-18-20-38-33(40(28)41)9-7-23-45-38)42(46-39)29-15-13-27(14-16-29)30-24-31(36-10-3-5-21-43-36)26-32(25-30)37-11-4-6-22-44-37/h1-26H. The van der Waals surface area contributed by atoms with Gasteiger partial charge < -0.3 is 0 Å². The first-order valence-electron chi connectivity index (χ1n) is 15.4. The van der Waals surface area contributed by atoms with Gasteiger partial charge in [-0.2, -0.15) is 0 Å². The highest BCUT2D eigenvalue weighted by Gasteiger charge is 2.16. The Morgan fingerprint density at radius 1 is 0.348 bits per heavy atom. The fraction of sp³-hybridized carbons (Fsp3) is 0. The summed E-state index contributed by atoms with van der Waals surface area (Å²) in [5.41, 5.74) is 10.2. The third-order valence-corrected chi connectivity index (χ3v) is 8.77. The molecule has 0 atom stereocenters. The number of hydrogen-bond donors (Lipinski definition) is 0. The number of hydrogen-bond acceptors (Lipinski definition) is 4. The van der Waals surface area contributed by atoms with Gasteiger partial charge in [-0.15, -0.1) is 0 Å². The molecule has 0 aliphatic heterocycles. The minimum Gasteiger partial charge on any atom is -0.256 e. The molecule has 0 saturated carbocycles. The molecule has 0 N–H and O–H groups in total. The summed E-state index contributed by atoms with van der Waals surface area (Å²) in [6.07, 6.45) is 5.53. The van der Waals surface area contributed by atoms with Gasteiger partial charge in [0.1, 0.15) is 0 Å². The quantitative estimate of drug-likeness (QED) is 0.193. The lowest BCUT2D eigenvalue weighted by Crippen LogP contribution is -1.92. The van der Waals surface area contributed by atoms with Crippen molar-refractivity contribution in [3.8, 4) is 44.9 Å². The Morgan fingerprint density at radius 3 is 1.70 bits per heavy atom. The van der Waals surface area contributed by atoms with E-state index in [0.29, 0.717) is 0 Å². The highest BCUT2D eigenvalue weighted by atomic mass is 14.7. The predicted molar refractivity (Wildman–Crippen MR) is 189 cm³/mol. The van der Waals surface area contributed by atoms with E-state index in [1.54, 1.807) is 0 Å². The molecule has 0 fully saturated rings. The first-order chi connectivity index (χ1) is 22.8. The van der Waals surface area contributed by atoms with Gasteiger partial charge in [0, 0.05) is 56.8 Å². The number of para-hydroxylation sites is 1. The molecule has 0 spiro atoms. The number of pyridine rings is 4. The van der Waals surface area contributed by atoms with Crippen molar-refractivity contribution < 1.29 is 0 Å². The van der Waals surface area contributed by atoms with Crippen molar-refractivity contribution in [3.63, 3.8) is 0 Å². The predicted octanol–water partition coefficient (Wildman–Crippen LogP) is 10.5. The molecule has 9 aromatic rings. The molecular formula is C42H26N4.